The molecule has 0 saturated heterocycles. The minimum atomic E-state index is -0.361. The summed E-state index contributed by atoms with van der Waals surface area (Å²) in [6.07, 6.45) is 3.05. The average Bonchev–Trinajstić information content (AvgIpc) is 2.26. The van der Waals surface area contributed by atoms with Gasteiger partial charge in [0.2, 0.25) is 0 Å². The first kappa shape index (κ1) is 13.2. The molecule has 17 heavy (non-hydrogen) atoms. The van der Waals surface area contributed by atoms with Crippen molar-refractivity contribution in [2.24, 2.45) is 5.73 Å². The average molecular weight is 250 g/mol. The monoisotopic (exact) mass is 250 g/mol. The van der Waals surface area contributed by atoms with E-state index in [2.05, 4.69) is 5.32 Å². The van der Waals surface area contributed by atoms with E-state index < -0.39 is 0 Å². The molecular weight excluding hydrogens is 236 g/mol. The number of carbonyl (C=O) groups excluding carboxylic acids is 1. The third kappa shape index (κ3) is 5.12. The molecule has 1 aromatic rings. The van der Waals surface area contributed by atoms with Crippen LogP contribution in [-0.4, -0.2) is 17.7 Å². The van der Waals surface area contributed by atoms with Crippen LogP contribution in [0.1, 0.15) is 12.5 Å². The highest BCUT2D eigenvalue weighted by Gasteiger charge is 1.96. The van der Waals surface area contributed by atoms with Gasteiger partial charge in [-0.2, -0.15) is 0 Å². The first-order valence-corrected chi connectivity index (χ1v) is 5.54. The molecule has 1 aromatic carbocycles. The van der Waals surface area contributed by atoms with E-state index in [-0.39, 0.29) is 11.1 Å². The van der Waals surface area contributed by atoms with Crippen LogP contribution in [-0.2, 0) is 9.53 Å². The molecular formula is C12H14N2O2S. The summed E-state index contributed by atoms with van der Waals surface area (Å²) in [4.78, 5) is 11.1. The van der Waals surface area contributed by atoms with Crippen LogP contribution in [0, 0.1) is 0 Å². The van der Waals surface area contributed by atoms with E-state index in [0.29, 0.717) is 6.61 Å². The lowest BCUT2D eigenvalue weighted by Crippen LogP contribution is -2.18. The van der Waals surface area contributed by atoms with Crippen LogP contribution < -0.4 is 11.1 Å². The number of esters is 1. The topological polar surface area (TPSA) is 64.3 Å². The number of nitrogens with two attached hydrogens (primary N) is 1. The molecule has 0 unspecified atom stereocenters. The van der Waals surface area contributed by atoms with Crippen molar-refractivity contribution >= 4 is 35.1 Å². The van der Waals surface area contributed by atoms with E-state index >= 15 is 0 Å². The second-order valence-electron chi connectivity index (χ2n) is 3.20. The molecule has 0 saturated carbocycles. The highest BCUT2D eigenvalue weighted by atomic mass is 32.1. The Labute approximate surface area is 105 Å². The summed E-state index contributed by atoms with van der Waals surface area (Å²) in [5, 5.41) is 3.02. The summed E-state index contributed by atoms with van der Waals surface area (Å²) < 4.78 is 4.78. The van der Waals surface area contributed by atoms with Crippen LogP contribution in [0.25, 0.3) is 6.08 Å². The van der Waals surface area contributed by atoms with Crippen LogP contribution in [0.5, 0.6) is 0 Å². The van der Waals surface area contributed by atoms with Crippen molar-refractivity contribution in [3.8, 4) is 0 Å². The highest BCUT2D eigenvalue weighted by molar-refractivity contribution is 7.80. The number of nitrogens with one attached hydrogen (secondary N) is 1. The number of thiocarbonyl (C=S) groups is 1. The number of hydrogen-bond donors (Lipinski definition) is 2. The van der Waals surface area contributed by atoms with Gasteiger partial charge in [0.15, 0.2) is 5.11 Å². The van der Waals surface area contributed by atoms with Gasteiger partial charge in [0.1, 0.15) is 0 Å². The van der Waals surface area contributed by atoms with Crippen LogP contribution >= 0.6 is 12.2 Å². The van der Waals surface area contributed by atoms with Gasteiger partial charge in [0, 0.05) is 11.8 Å². The number of carbonyl (C=O) groups is 1. The van der Waals surface area contributed by atoms with Gasteiger partial charge in [0.05, 0.1) is 6.61 Å². The molecule has 0 bridgehead atoms. The first-order chi connectivity index (χ1) is 8.11. The predicted octanol–water partition coefficient (Wildman–Crippen LogP) is 1.92. The molecule has 0 atom stereocenters. The SMILES string of the molecule is CCOC(=O)C=Cc1cccc(NC(N)=S)c1. The highest BCUT2D eigenvalue weighted by Crippen LogP contribution is 2.11. The van der Waals surface area contributed by atoms with Crippen molar-refractivity contribution in [1.29, 1.82) is 0 Å². The number of benzene rings is 1. The lowest BCUT2D eigenvalue weighted by Gasteiger charge is -2.04. The van der Waals surface area contributed by atoms with Crippen molar-refractivity contribution in [2.45, 2.75) is 6.92 Å². The fourth-order valence-corrected chi connectivity index (χ4v) is 1.33. The molecule has 0 radical (unpaired) electrons. The number of ether oxygens (including phenoxy) is 1. The van der Waals surface area contributed by atoms with Gasteiger partial charge in [-0.25, -0.2) is 4.79 Å². The minimum Gasteiger partial charge on any atom is -0.463 e. The lowest BCUT2D eigenvalue weighted by molar-refractivity contribution is -0.137. The Hall–Kier alpha value is -1.88. The molecule has 0 aliphatic rings. The fourth-order valence-electron chi connectivity index (χ4n) is 1.22. The van der Waals surface area contributed by atoms with Gasteiger partial charge >= 0.3 is 5.97 Å². The van der Waals surface area contributed by atoms with Crippen LogP contribution in [0.3, 0.4) is 0 Å². The second-order valence-corrected chi connectivity index (χ2v) is 3.64. The summed E-state index contributed by atoms with van der Waals surface area (Å²) in [6.45, 7) is 2.13. The van der Waals surface area contributed by atoms with Crippen molar-refractivity contribution < 1.29 is 9.53 Å². The standard InChI is InChI=1S/C12H14N2O2S/c1-2-16-11(15)7-6-9-4-3-5-10(8-9)14-12(13)17/h3-8H,2H2,1H3,(H3,13,14,17). The molecule has 0 heterocycles. The Morgan fingerprint density at radius 2 is 2.35 bits per heavy atom. The molecule has 0 aliphatic carbocycles. The maximum absolute atomic E-state index is 11.1. The van der Waals surface area contributed by atoms with Crippen molar-refractivity contribution in [1.82, 2.24) is 0 Å². The number of rotatable bonds is 4. The molecule has 0 amide bonds. The summed E-state index contributed by atoms with van der Waals surface area (Å²) in [5.74, 6) is -0.361. The lowest BCUT2D eigenvalue weighted by atomic mass is 10.2. The minimum absolute atomic E-state index is 0.205. The quantitative estimate of drug-likeness (QED) is 0.485. The van der Waals surface area contributed by atoms with Gasteiger partial charge in [-0.3, -0.25) is 0 Å². The van der Waals surface area contributed by atoms with Crippen LogP contribution in [0.15, 0.2) is 30.3 Å². The second kappa shape index (κ2) is 6.65. The van der Waals surface area contributed by atoms with Crippen LogP contribution in [0.4, 0.5) is 5.69 Å². The third-order valence-electron chi connectivity index (χ3n) is 1.85. The Bertz CT molecular complexity index is 444. The number of anilines is 1. The van der Waals surface area contributed by atoms with Crippen molar-refractivity contribution in [3.05, 3.63) is 35.9 Å². The maximum Gasteiger partial charge on any atom is 0.330 e. The van der Waals surface area contributed by atoms with E-state index in [1.54, 1.807) is 13.0 Å². The Balaban J connectivity index is 2.71. The zero-order valence-electron chi connectivity index (χ0n) is 9.47. The largest absolute Gasteiger partial charge is 0.463 e. The molecule has 0 aromatic heterocycles. The van der Waals surface area contributed by atoms with Crippen LogP contribution in [0.2, 0.25) is 0 Å². The number of hydrogen-bond acceptors (Lipinski definition) is 3. The summed E-state index contributed by atoms with van der Waals surface area (Å²) in [6, 6.07) is 7.36. The molecule has 0 aliphatic heterocycles. The molecule has 90 valence electrons. The van der Waals surface area contributed by atoms with Crippen molar-refractivity contribution in [3.63, 3.8) is 0 Å². The maximum atomic E-state index is 11.1. The van der Waals surface area contributed by atoms with E-state index in [1.807, 2.05) is 24.3 Å². The van der Waals surface area contributed by atoms with E-state index in [0.717, 1.165) is 11.3 Å². The van der Waals surface area contributed by atoms with Gasteiger partial charge < -0.3 is 15.8 Å². The molecule has 1 rings (SSSR count). The Kier molecular flexibility index (Phi) is 5.16. The fraction of sp³-hybridized carbons (Fsp3) is 0.167. The van der Waals surface area contributed by atoms with Gasteiger partial charge in [-0.1, -0.05) is 12.1 Å². The van der Waals surface area contributed by atoms with E-state index in [9.17, 15) is 4.79 Å². The molecule has 4 nitrogen and oxygen atoms in total. The van der Waals surface area contributed by atoms with Crippen molar-refractivity contribution in [2.75, 3.05) is 11.9 Å². The normalized spacial score (nSPS) is 10.2. The Morgan fingerprint density at radius 1 is 1.59 bits per heavy atom. The van der Waals surface area contributed by atoms with E-state index in [4.69, 9.17) is 22.7 Å². The van der Waals surface area contributed by atoms with Gasteiger partial charge in [0.25, 0.3) is 0 Å². The summed E-state index contributed by atoms with van der Waals surface area (Å²) >= 11 is 4.74. The molecule has 5 heteroatoms. The molecule has 0 fully saturated rings. The smallest absolute Gasteiger partial charge is 0.330 e. The molecule has 3 N–H and O–H groups in total. The Morgan fingerprint density at radius 3 is 3.00 bits per heavy atom. The first-order valence-electron chi connectivity index (χ1n) is 5.13. The van der Waals surface area contributed by atoms with Gasteiger partial charge in [-0.15, -0.1) is 0 Å². The third-order valence-corrected chi connectivity index (χ3v) is 1.95. The summed E-state index contributed by atoms with van der Waals surface area (Å²) in [7, 11) is 0. The zero-order valence-corrected chi connectivity index (χ0v) is 10.3. The van der Waals surface area contributed by atoms with Gasteiger partial charge in [-0.05, 0) is 42.9 Å². The summed E-state index contributed by atoms with van der Waals surface area (Å²) in [5.41, 5.74) is 7.01. The zero-order chi connectivity index (χ0) is 12.7. The van der Waals surface area contributed by atoms with E-state index in [1.165, 1.54) is 6.08 Å². The molecule has 0 spiro atoms. The predicted molar refractivity (Wildman–Crippen MR) is 72.5 cm³/mol.